The van der Waals surface area contributed by atoms with Crippen LogP contribution in [0.15, 0.2) is 112 Å². The summed E-state index contributed by atoms with van der Waals surface area (Å²) in [5, 5.41) is 9.77. The van der Waals surface area contributed by atoms with Crippen LogP contribution in [0.3, 0.4) is 0 Å². The lowest BCUT2D eigenvalue weighted by molar-refractivity contribution is 0.534. The lowest BCUT2D eigenvalue weighted by Crippen LogP contribution is -2.29. The zero-order chi connectivity index (χ0) is 27.2. The molecule has 0 aliphatic carbocycles. The predicted molar refractivity (Wildman–Crippen MR) is 154 cm³/mol. The van der Waals surface area contributed by atoms with Gasteiger partial charge in [-0.2, -0.15) is 0 Å². The smallest absolute Gasteiger partial charge is 0.241 e. The molecular weight excluding hydrogens is 528 g/mol. The number of furan rings is 1. The van der Waals surface area contributed by atoms with Crippen molar-refractivity contribution in [3.63, 3.8) is 0 Å². The lowest BCUT2D eigenvalue weighted by Gasteiger charge is -2.19. The van der Waals surface area contributed by atoms with E-state index in [-0.39, 0.29) is 4.90 Å². The van der Waals surface area contributed by atoms with Gasteiger partial charge in [0.2, 0.25) is 10.0 Å². The molecule has 0 spiro atoms. The molecule has 0 saturated heterocycles. The van der Waals surface area contributed by atoms with Gasteiger partial charge in [-0.15, -0.1) is 10.2 Å². The quantitative estimate of drug-likeness (QED) is 0.189. The van der Waals surface area contributed by atoms with Gasteiger partial charge in [0, 0.05) is 11.8 Å². The van der Waals surface area contributed by atoms with Crippen LogP contribution in [0, 0.1) is 13.8 Å². The van der Waals surface area contributed by atoms with E-state index in [4.69, 9.17) is 4.42 Å². The second kappa shape index (κ2) is 12.0. The molecule has 200 valence electrons. The number of hydrogen-bond donors (Lipinski definition) is 1. The summed E-state index contributed by atoms with van der Waals surface area (Å²) in [6, 6.07) is 28.2. The summed E-state index contributed by atoms with van der Waals surface area (Å²) in [4.78, 5) is 0.254. The summed E-state index contributed by atoms with van der Waals surface area (Å²) in [7, 11) is -3.70. The molecule has 0 saturated carbocycles. The van der Waals surface area contributed by atoms with Crippen molar-refractivity contribution < 1.29 is 12.8 Å². The van der Waals surface area contributed by atoms with E-state index in [1.54, 1.807) is 42.3 Å². The first-order valence-electron chi connectivity index (χ1n) is 12.7. The Morgan fingerprint density at radius 3 is 2.26 bits per heavy atom. The Kier molecular flexibility index (Phi) is 8.30. The number of nitrogens with one attached hydrogen (secondary N) is 1. The Balaban J connectivity index is 1.37. The zero-order valence-electron chi connectivity index (χ0n) is 21.8. The van der Waals surface area contributed by atoms with Crippen molar-refractivity contribution in [2.24, 2.45) is 0 Å². The molecule has 2 heterocycles. The third kappa shape index (κ3) is 6.50. The minimum Gasteiger partial charge on any atom is -0.469 e. The minimum atomic E-state index is -3.70. The highest BCUT2D eigenvalue weighted by Gasteiger charge is 2.23. The SMILES string of the molecule is Cc1ccc(S(=O)(=O)N[C@@H](CCSc2nnc(-c3ccoc3C)n2Cc2ccccc2)c2ccccc2)cc1. The van der Waals surface area contributed by atoms with E-state index in [2.05, 4.69) is 31.6 Å². The number of rotatable bonds is 11. The van der Waals surface area contributed by atoms with Crippen LogP contribution in [0.5, 0.6) is 0 Å². The Bertz CT molecular complexity index is 1610. The average Bonchev–Trinajstić information content (AvgIpc) is 3.54. The maximum absolute atomic E-state index is 13.2. The summed E-state index contributed by atoms with van der Waals surface area (Å²) in [6.45, 7) is 4.45. The molecule has 9 heteroatoms. The summed E-state index contributed by atoms with van der Waals surface area (Å²) >= 11 is 1.56. The van der Waals surface area contributed by atoms with Crippen LogP contribution in [0.1, 0.15) is 34.9 Å². The molecule has 39 heavy (non-hydrogen) atoms. The highest BCUT2D eigenvalue weighted by atomic mass is 32.2. The van der Waals surface area contributed by atoms with E-state index in [0.29, 0.717) is 18.7 Å². The highest BCUT2D eigenvalue weighted by Crippen LogP contribution is 2.30. The number of sulfonamides is 1. The number of nitrogens with zero attached hydrogens (tertiary/aromatic N) is 3. The number of hydrogen-bond acceptors (Lipinski definition) is 6. The van der Waals surface area contributed by atoms with E-state index in [1.165, 1.54) is 0 Å². The topological polar surface area (TPSA) is 90.0 Å². The van der Waals surface area contributed by atoms with Gasteiger partial charge in [0.25, 0.3) is 0 Å². The molecule has 0 amide bonds. The van der Waals surface area contributed by atoms with E-state index >= 15 is 0 Å². The number of aryl methyl sites for hydroxylation is 2. The van der Waals surface area contributed by atoms with Gasteiger partial charge in [0.15, 0.2) is 11.0 Å². The standard InChI is InChI=1S/C30H30N4O3S2/c1-22-13-15-26(16-14-22)39(35,36)33-28(25-11-7-4-8-12-25)18-20-38-30-32-31-29(27-17-19-37-23(27)2)34(30)21-24-9-5-3-6-10-24/h3-17,19,28,33H,18,20-21H2,1-2H3/t28-/m0/s1. The molecule has 5 rings (SSSR count). The zero-order valence-corrected chi connectivity index (χ0v) is 23.5. The van der Waals surface area contributed by atoms with Gasteiger partial charge in [-0.3, -0.25) is 4.57 Å². The maximum atomic E-state index is 13.2. The van der Waals surface area contributed by atoms with Crippen LogP contribution in [0.2, 0.25) is 0 Å². The first-order valence-corrected chi connectivity index (χ1v) is 15.2. The molecule has 0 fully saturated rings. The van der Waals surface area contributed by atoms with Crippen LogP contribution in [-0.4, -0.2) is 28.9 Å². The van der Waals surface area contributed by atoms with Crippen molar-refractivity contribution in [1.82, 2.24) is 19.5 Å². The first-order chi connectivity index (χ1) is 18.9. The Morgan fingerprint density at radius 1 is 0.897 bits per heavy atom. The van der Waals surface area contributed by atoms with Gasteiger partial charge in [-0.1, -0.05) is 90.1 Å². The van der Waals surface area contributed by atoms with Crippen molar-refractivity contribution in [2.45, 2.75) is 42.9 Å². The highest BCUT2D eigenvalue weighted by molar-refractivity contribution is 7.99. The molecular formula is C30H30N4O3S2. The normalized spacial score (nSPS) is 12.5. The molecule has 2 aromatic heterocycles. The van der Waals surface area contributed by atoms with Crippen LogP contribution >= 0.6 is 11.8 Å². The van der Waals surface area contributed by atoms with Crippen molar-refractivity contribution in [1.29, 1.82) is 0 Å². The molecule has 5 aromatic rings. The number of thioether (sulfide) groups is 1. The molecule has 0 aliphatic rings. The van der Waals surface area contributed by atoms with Crippen LogP contribution in [0.4, 0.5) is 0 Å². The Labute approximate surface area is 233 Å². The summed E-state index contributed by atoms with van der Waals surface area (Å²) in [5.41, 5.74) is 3.96. The molecule has 3 aromatic carbocycles. The van der Waals surface area contributed by atoms with Crippen LogP contribution in [0.25, 0.3) is 11.4 Å². The molecule has 0 bridgehead atoms. The fourth-order valence-corrected chi connectivity index (χ4v) is 6.54. The van der Waals surface area contributed by atoms with E-state index in [1.807, 2.05) is 68.4 Å². The van der Waals surface area contributed by atoms with Crippen molar-refractivity contribution >= 4 is 21.8 Å². The van der Waals surface area contributed by atoms with Gasteiger partial charge in [0.05, 0.1) is 23.3 Å². The van der Waals surface area contributed by atoms with E-state index in [0.717, 1.165) is 39.0 Å². The third-order valence-electron chi connectivity index (χ3n) is 6.47. The summed E-state index contributed by atoms with van der Waals surface area (Å²) in [6.07, 6.45) is 2.22. The Morgan fingerprint density at radius 2 is 1.59 bits per heavy atom. The number of benzene rings is 3. The summed E-state index contributed by atoms with van der Waals surface area (Å²) < 4.78 is 37.0. The van der Waals surface area contributed by atoms with Crippen molar-refractivity contribution in [3.8, 4) is 11.4 Å². The van der Waals surface area contributed by atoms with Crippen LogP contribution in [-0.2, 0) is 16.6 Å². The largest absolute Gasteiger partial charge is 0.469 e. The van der Waals surface area contributed by atoms with E-state index in [9.17, 15) is 8.42 Å². The average molecular weight is 559 g/mol. The van der Waals surface area contributed by atoms with Gasteiger partial charge >= 0.3 is 0 Å². The number of aromatic nitrogens is 3. The second-order valence-corrected chi connectivity index (χ2v) is 12.1. The van der Waals surface area contributed by atoms with Crippen molar-refractivity contribution in [2.75, 3.05) is 5.75 Å². The second-order valence-electron chi connectivity index (χ2n) is 9.30. The minimum absolute atomic E-state index is 0.254. The molecule has 0 unspecified atom stereocenters. The maximum Gasteiger partial charge on any atom is 0.241 e. The van der Waals surface area contributed by atoms with Crippen LogP contribution < -0.4 is 4.72 Å². The molecule has 0 radical (unpaired) electrons. The molecule has 1 atom stereocenters. The van der Waals surface area contributed by atoms with Crippen molar-refractivity contribution in [3.05, 3.63) is 120 Å². The first kappa shape index (κ1) is 26.9. The van der Waals surface area contributed by atoms with Gasteiger partial charge in [-0.25, -0.2) is 13.1 Å². The lowest BCUT2D eigenvalue weighted by atomic mass is 10.1. The Hall–Kier alpha value is -3.66. The summed E-state index contributed by atoms with van der Waals surface area (Å²) in [5.74, 6) is 2.16. The van der Waals surface area contributed by atoms with Gasteiger partial charge < -0.3 is 4.42 Å². The monoisotopic (exact) mass is 558 g/mol. The molecule has 7 nitrogen and oxygen atoms in total. The van der Waals surface area contributed by atoms with Gasteiger partial charge in [-0.05, 0) is 49.6 Å². The third-order valence-corrected chi connectivity index (χ3v) is 8.96. The van der Waals surface area contributed by atoms with Gasteiger partial charge in [0.1, 0.15) is 5.76 Å². The fourth-order valence-electron chi connectivity index (χ4n) is 4.34. The molecule has 0 aliphatic heterocycles. The fraction of sp³-hybridized carbons (Fsp3) is 0.200. The molecule has 1 N–H and O–H groups in total. The van der Waals surface area contributed by atoms with E-state index < -0.39 is 16.1 Å². The predicted octanol–water partition coefficient (Wildman–Crippen LogP) is 6.41.